The first-order valence-electron chi connectivity index (χ1n) is 2.57. The Bertz CT molecular complexity index is 86.5. The van der Waals surface area contributed by atoms with Gasteiger partial charge in [-0.25, -0.2) is 0 Å². The molecular weight excluding hydrogens is 122 g/mol. The summed E-state index contributed by atoms with van der Waals surface area (Å²) in [6, 6.07) is 0. The molecule has 0 unspecified atom stereocenters. The van der Waals surface area contributed by atoms with E-state index in [4.69, 9.17) is 11.6 Å². The third kappa shape index (κ3) is 4.16. The molecule has 0 heterocycles. The molecule has 0 spiro atoms. The predicted octanol–water partition coefficient (Wildman–Crippen LogP) is 1.69. The van der Waals surface area contributed by atoms with Crippen molar-refractivity contribution in [3.05, 3.63) is 11.1 Å². The fourth-order valence-corrected chi connectivity index (χ4v) is 0.602. The van der Waals surface area contributed by atoms with E-state index in [-0.39, 0.29) is 0 Å². The molecule has 1 nitrogen and oxygen atoms in total. The number of hydrogen-bond acceptors (Lipinski definition) is 1. The first-order valence-corrected chi connectivity index (χ1v) is 3.01. The smallest absolute Gasteiger partial charge is 0.0195 e. The van der Waals surface area contributed by atoms with Gasteiger partial charge in [0.1, 0.15) is 0 Å². The lowest BCUT2D eigenvalue weighted by molar-refractivity contribution is 0.445. The zero-order chi connectivity index (χ0) is 6.57. The van der Waals surface area contributed by atoms with Gasteiger partial charge in [0, 0.05) is 12.1 Å². The minimum absolute atomic E-state index is 0.948. The molecule has 0 aromatic rings. The molecule has 8 heavy (non-hydrogen) atoms. The molecule has 0 atom stereocenters. The van der Waals surface area contributed by atoms with Crippen molar-refractivity contribution in [3.8, 4) is 0 Å². The van der Waals surface area contributed by atoms with Crippen LogP contribution in [0.5, 0.6) is 0 Å². The van der Waals surface area contributed by atoms with Gasteiger partial charge in [-0.3, -0.25) is 0 Å². The second-order valence-electron chi connectivity index (χ2n) is 2.19. The summed E-state index contributed by atoms with van der Waals surface area (Å²) in [5.74, 6) is 0. The van der Waals surface area contributed by atoms with Crippen molar-refractivity contribution < 1.29 is 0 Å². The van der Waals surface area contributed by atoms with Gasteiger partial charge >= 0.3 is 0 Å². The van der Waals surface area contributed by atoms with Gasteiger partial charge in [0.2, 0.25) is 0 Å². The largest absolute Gasteiger partial charge is 0.305 e. The van der Waals surface area contributed by atoms with E-state index < -0.39 is 0 Å². The Balaban J connectivity index is 3.39. The molecular formula is C6H12ClN. The lowest BCUT2D eigenvalue weighted by atomic mass is 10.3. The SMILES string of the molecule is C/C(=C\Cl)CN(C)C. The van der Waals surface area contributed by atoms with Crippen molar-refractivity contribution in [2.24, 2.45) is 0 Å². The quantitative estimate of drug-likeness (QED) is 0.554. The van der Waals surface area contributed by atoms with E-state index in [1.54, 1.807) is 5.54 Å². The summed E-state index contributed by atoms with van der Waals surface area (Å²) in [6.45, 7) is 2.95. The van der Waals surface area contributed by atoms with Crippen molar-refractivity contribution in [3.63, 3.8) is 0 Å². The maximum atomic E-state index is 5.41. The zero-order valence-electron chi connectivity index (χ0n) is 5.61. The molecule has 0 radical (unpaired) electrons. The number of halogens is 1. The van der Waals surface area contributed by atoms with Gasteiger partial charge in [0.15, 0.2) is 0 Å². The zero-order valence-corrected chi connectivity index (χ0v) is 6.37. The molecule has 0 aliphatic heterocycles. The lowest BCUT2D eigenvalue weighted by Crippen LogP contribution is -2.13. The van der Waals surface area contributed by atoms with E-state index in [2.05, 4.69) is 4.90 Å². The number of rotatable bonds is 2. The molecule has 0 aliphatic rings. The van der Waals surface area contributed by atoms with E-state index >= 15 is 0 Å². The molecule has 48 valence electrons. The minimum Gasteiger partial charge on any atom is -0.305 e. The highest BCUT2D eigenvalue weighted by molar-refractivity contribution is 6.25. The van der Waals surface area contributed by atoms with E-state index in [1.165, 1.54) is 5.57 Å². The Hall–Kier alpha value is -0.0100. The van der Waals surface area contributed by atoms with Gasteiger partial charge in [-0.2, -0.15) is 0 Å². The van der Waals surface area contributed by atoms with Crippen LogP contribution in [0, 0.1) is 0 Å². The van der Waals surface area contributed by atoms with Gasteiger partial charge in [-0.1, -0.05) is 11.6 Å². The van der Waals surface area contributed by atoms with Crippen LogP contribution in [0.1, 0.15) is 6.92 Å². The number of nitrogens with zero attached hydrogens (tertiary/aromatic N) is 1. The lowest BCUT2D eigenvalue weighted by Gasteiger charge is -2.07. The molecule has 0 fully saturated rings. The van der Waals surface area contributed by atoms with Crippen LogP contribution in [0.3, 0.4) is 0 Å². The van der Waals surface area contributed by atoms with Crippen molar-refractivity contribution >= 4 is 11.6 Å². The van der Waals surface area contributed by atoms with Crippen LogP contribution in [0.4, 0.5) is 0 Å². The van der Waals surface area contributed by atoms with E-state index in [1.807, 2.05) is 21.0 Å². The highest BCUT2D eigenvalue weighted by Crippen LogP contribution is 1.94. The molecule has 0 aromatic heterocycles. The number of hydrogen-bond donors (Lipinski definition) is 0. The summed E-state index contributed by atoms with van der Waals surface area (Å²) in [6.07, 6.45) is 0. The van der Waals surface area contributed by atoms with Crippen LogP contribution in [-0.2, 0) is 0 Å². The predicted molar refractivity (Wildman–Crippen MR) is 38.2 cm³/mol. The van der Waals surface area contributed by atoms with Gasteiger partial charge < -0.3 is 4.90 Å². The first-order chi connectivity index (χ1) is 3.66. The third-order valence-electron chi connectivity index (χ3n) is 0.752. The molecule has 0 bridgehead atoms. The highest BCUT2D eigenvalue weighted by Gasteiger charge is 1.88. The highest BCUT2D eigenvalue weighted by atomic mass is 35.5. The average molecular weight is 134 g/mol. The summed E-state index contributed by atoms with van der Waals surface area (Å²) >= 11 is 5.41. The Labute approximate surface area is 55.9 Å². The van der Waals surface area contributed by atoms with Gasteiger partial charge in [0.25, 0.3) is 0 Å². The Morgan fingerprint density at radius 3 is 2.25 bits per heavy atom. The summed E-state index contributed by atoms with van der Waals surface area (Å²) < 4.78 is 0. The Morgan fingerprint density at radius 2 is 2.12 bits per heavy atom. The van der Waals surface area contributed by atoms with Crippen molar-refractivity contribution in [2.75, 3.05) is 20.6 Å². The second kappa shape index (κ2) is 3.93. The van der Waals surface area contributed by atoms with Crippen LogP contribution in [-0.4, -0.2) is 25.5 Å². The summed E-state index contributed by atoms with van der Waals surface area (Å²) in [5.41, 5.74) is 2.80. The van der Waals surface area contributed by atoms with Crippen LogP contribution in [0.2, 0.25) is 0 Å². The molecule has 0 aromatic carbocycles. The topological polar surface area (TPSA) is 3.24 Å². The monoisotopic (exact) mass is 133 g/mol. The van der Waals surface area contributed by atoms with E-state index in [0.29, 0.717) is 0 Å². The second-order valence-corrected chi connectivity index (χ2v) is 2.41. The van der Waals surface area contributed by atoms with E-state index in [9.17, 15) is 0 Å². The van der Waals surface area contributed by atoms with E-state index in [0.717, 1.165) is 6.54 Å². The van der Waals surface area contributed by atoms with Crippen LogP contribution in [0.15, 0.2) is 11.1 Å². The van der Waals surface area contributed by atoms with Crippen molar-refractivity contribution in [2.45, 2.75) is 6.92 Å². The van der Waals surface area contributed by atoms with Gasteiger partial charge in [-0.05, 0) is 26.6 Å². The summed E-state index contributed by atoms with van der Waals surface area (Å²) in [7, 11) is 4.04. The average Bonchev–Trinajstić information content (AvgIpc) is 1.65. The molecule has 0 saturated carbocycles. The molecule has 2 heteroatoms. The Kier molecular flexibility index (Phi) is 3.92. The summed E-state index contributed by atoms with van der Waals surface area (Å²) in [5, 5.41) is 0. The third-order valence-corrected chi connectivity index (χ3v) is 1.12. The van der Waals surface area contributed by atoms with Gasteiger partial charge in [0.05, 0.1) is 0 Å². The van der Waals surface area contributed by atoms with Gasteiger partial charge in [-0.15, -0.1) is 0 Å². The maximum Gasteiger partial charge on any atom is 0.0195 e. The fraction of sp³-hybridized carbons (Fsp3) is 0.667. The first kappa shape index (κ1) is 7.99. The molecule has 0 N–H and O–H groups in total. The molecule has 0 rings (SSSR count). The molecule has 0 aliphatic carbocycles. The fourth-order valence-electron chi connectivity index (χ4n) is 0.533. The van der Waals surface area contributed by atoms with Crippen molar-refractivity contribution in [1.29, 1.82) is 0 Å². The standard InChI is InChI=1S/C6H12ClN/c1-6(4-7)5-8(2)3/h4H,5H2,1-3H3/b6-4+. The van der Waals surface area contributed by atoms with Crippen LogP contribution >= 0.6 is 11.6 Å². The maximum absolute atomic E-state index is 5.41. The summed E-state index contributed by atoms with van der Waals surface area (Å²) in [4.78, 5) is 2.08. The molecule has 0 amide bonds. The van der Waals surface area contributed by atoms with Crippen LogP contribution < -0.4 is 0 Å². The van der Waals surface area contributed by atoms with Crippen molar-refractivity contribution in [1.82, 2.24) is 4.90 Å². The minimum atomic E-state index is 0.948. The molecule has 0 saturated heterocycles. The Morgan fingerprint density at radius 1 is 1.62 bits per heavy atom. The normalized spacial score (nSPS) is 12.9. The number of likely N-dealkylation sites (N-methyl/N-ethyl adjacent to an activating group) is 1. The van der Waals surface area contributed by atoms with Crippen LogP contribution in [0.25, 0.3) is 0 Å².